The maximum atomic E-state index is 12.2. The van der Waals surface area contributed by atoms with E-state index in [1.54, 1.807) is 32.4 Å². The summed E-state index contributed by atoms with van der Waals surface area (Å²) in [5.41, 5.74) is 2.03. The number of hydrogen-bond acceptors (Lipinski definition) is 6. The van der Waals surface area contributed by atoms with Gasteiger partial charge in [0.2, 0.25) is 5.88 Å². The van der Waals surface area contributed by atoms with E-state index in [9.17, 15) is 13.6 Å². The molecule has 0 saturated heterocycles. The molecular formula is C21H20F2N4O3. The van der Waals surface area contributed by atoms with Gasteiger partial charge in [0, 0.05) is 43.0 Å². The molecule has 2 unspecified atom stereocenters. The van der Waals surface area contributed by atoms with Gasteiger partial charge in [0.15, 0.2) is 0 Å². The van der Waals surface area contributed by atoms with Crippen LogP contribution < -0.4 is 15.0 Å². The first kappa shape index (κ1) is 19.9. The fourth-order valence-corrected chi connectivity index (χ4v) is 3.24. The summed E-state index contributed by atoms with van der Waals surface area (Å²) in [6, 6.07) is 6.53. The lowest BCUT2D eigenvalue weighted by atomic mass is 10.1. The average Bonchev–Trinajstić information content (AvgIpc) is 3.48. The van der Waals surface area contributed by atoms with E-state index in [1.165, 1.54) is 22.9 Å². The molecule has 3 aromatic rings. The fraction of sp³-hybridized carbons (Fsp3) is 0.333. The second kappa shape index (κ2) is 8.17. The highest BCUT2D eigenvalue weighted by Crippen LogP contribution is 2.47. The van der Waals surface area contributed by atoms with Crippen molar-refractivity contribution in [2.45, 2.75) is 25.9 Å². The third-order valence-corrected chi connectivity index (χ3v) is 5.01. The van der Waals surface area contributed by atoms with Gasteiger partial charge in [0.05, 0.1) is 18.4 Å². The van der Waals surface area contributed by atoms with Crippen LogP contribution in [0.4, 0.5) is 8.78 Å². The molecule has 0 N–H and O–H groups in total. The fourth-order valence-electron chi connectivity index (χ4n) is 3.24. The normalized spacial score (nSPS) is 17.8. The van der Waals surface area contributed by atoms with Crippen LogP contribution in [0, 0.1) is 12.8 Å². The minimum atomic E-state index is -2.87. The van der Waals surface area contributed by atoms with Crippen LogP contribution in [-0.4, -0.2) is 32.7 Å². The number of ether oxygens (including phenoxy) is 2. The van der Waals surface area contributed by atoms with Gasteiger partial charge >= 0.3 is 6.61 Å². The number of pyridine rings is 2. The molecule has 1 fully saturated rings. The summed E-state index contributed by atoms with van der Waals surface area (Å²) in [7, 11) is 1.68. The van der Waals surface area contributed by atoms with E-state index in [4.69, 9.17) is 4.74 Å². The van der Waals surface area contributed by atoms with E-state index in [0.717, 1.165) is 12.1 Å². The van der Waals surface area contributed by atoms with E-state index < -0.39 is 6.61 Å². The first-order valence-electron chi connectivity index (χ1n) is 9.45. The van der Waals surface area contributed by atoms with Gasteiger partial charge in [-0.05, 0) is 37.1 Å². The molecule has 3 heterocycles. The lowest BCUT2D eigenvalue weighted by molar-refractivity contribution is -0.0500. The molecule has 0 spiro atoms. The molecule has 1 aliphatic carbocycles. The second-order valence-corrected chi connectivity index (χ2v) is 7.21. The topological polar surface area (TPSA) is 79.1 Å². The number of hydrogen-bond donors (Lipinski definition) is 0. The lowest BCUT2D eigenvalue weighted by Crippen LogP contribution is -2.14. The molecule has 0 amide bonds. The molecule has 0 radical (unpaired) electrons. The molecular weight excluding hydrogens is 394 g/mol. The van der Waals surface area contributed by atoms with Crippen LogP contribution in [0.15, 0.2) is 47.7 Å². The highest BCUT2D eigenvalue weighted by Gasteiger charge is 2.40. The number of halogens is 2. The van der Waals surface area contributed by atoms with Crippen molar-refractivity contribution in [1.82, 2.24) is 19.5 Å². The van der Waals surface area contributed by atoms with Crippen LogP contribution >= 0.6 is 0 Å². The smallest absolute Gasteiger partial charge is 0.387 e. The quantitative estimate of drug-likeness (QED) is 0.590. The third kappa shape index (κ3) is 4.45. The Hall–Kier alpha value is -3.36. The van der Waals surface area contributed by atoms with Crippen molar-refractivity contribution in [3.63, 3.8) is 0 Å². The molecule has 4 rings (SSSR count). The van der Waals surface area contributed by atoms with Crippen LogP contribution in [0.3, 0.4) is 0 Å². The highest BCUT2D eigenvalue weighted by atomic mass is 19.3. The van der Waals surface area contributed by atoms with Crippen molar-refractivity contribution in [3.05, 3.63) is 64.7 Å². The Morgan fingerprint density at radius 2 is 2.07 bits per heavy atom. The molecule has 0 aromatic carbocycles. The summed E-state index contributed by atoms with van der Waals surface area (Å²) >= 11 is 0. The molecule has 1 saturated carbocycles. The molecule has 1 aliphatic rings. The van der Waals surface area contributed by atoms with Crippen molar-refractivity contribution in [3.8, 4) is 22.8 Å². The maximum Gasteiger partial charge on any atom is 0.387 e. The Balaban J connectivity index is 1.44. The van der Waals surface area contributed by atoms with Gasteiger partial charge in [-0.25, -0.2) is 4.98 Å². The monoisotopic (exact) mass is 414 g/mol. The summed E-state index contributed by atoms with van der Waals surface area (Å²) in [6.07, 6.45) is 5.53. The van der Waals surface area contributed by atoms with Crippen molar-refractivity contribution >= 4 is 0 Å². The maximum absolute atomic E-state index is 12.2. The molecule has 30 heavy (non-hydrogen) atoms. The van der Waals surface area contributed by atoms with E-state index in [-0.39, 0.29) is 23.1 Å². The van der Waals surface area contributed by atoms with Crippen molar-refractivity contribution in [1.29, 1.82) is 0 Å². The third-order valence-electron chi connectivity index (χ3n) is 5.01. The van der Waals surface area contributed by atoms with Gasteiger partial charge in [-0.3, -0.25) is 9.78 Å². The second-order valence-electron chi connectivity index (χ2n) is 7.21. The van der Waals surface area contributed by atoms with Crippen LogP contribution in [0.2, 0.25) is 0 Å². The first-order chi connectivity index (χ1) is 14.4. The zero-order valence-corrected chi connectivity index (χ0v) is 16.5. The molecule has 2 atom stereocenters. The highest BCUT2D eigenvalue weighted by molar-refractivity contribution is 5.67. The summed E-state index contributed by atoms with van der Waals surface area (Å²) in [6.45, 7) is -0.668. The van der Waals surface area contributed by atoms with Crippen molar-refractivity contribution in [2.24, 2.45) is 13.0 Å². The number of aryl methyl sites for hydroxylation is 2. The predicted octanol–water partition coefficient (Wildman–Crippen LogP) is 3.33. The largest absolute Gasteiger partial charge is 0.477 e. The zero-order chi connectivity index (χ0) is 21.3. The Labute approximate surface area is 171 Å². The van der Waals surface area contributed by atoms with Crippen LogP contribution in [-0.2, 0) is 7.05 Å². The van der Waals surface area contributed by atoms with E-state index in [1.807, 2.05) is 6.07 Å². The lowest BCUT2D eigenvalue weighted by Gasteiger charge is -2.11. The zero-order valence-electron chi connectivity index (χ0n) is 16.5. The van der Waals surface area contributed by atoms with Crippen LogP contribution in [0.5, 0.6) is 11.6 Å². The molecule has 156 valence electrons. The number of aromatic nitrogens is 4. The van der Waals surface area contributed by atoms with Gasteiger partial charge in [0.1, 0.15) is 11.6 Å². The number of nitrogens with zero attached hydrogens (tertiary/aromatic N) is 4. The number of alkyl halides is 2. The predicted molar refractivity (Wildman–Crippen MR) is 105 cm³/mol. The van der Waals surface area contributed by atoms with Gasteiger partial charge in [-0.2, -0.15) is 13.8 Å². The van der Waals surface area contributed by atoms with Gasteiger partial charge in [-0.15, -0.1) is 0 Å². The summed E-state index contributed by atoms with van der Waals surface area (Å²) < 4.78 is 36.3. The average molecular weight is 414 g/mol. The molecule has 7 nitrogen and oxygen atoms in total. The summed E-state index contributed by atoms with van der Waals surface area (Å²) in [4.78, 5) is 24.8. The Morgan fingerprint density at radius 1 is 1.23 bits per heavy atom. The minimum Gasteiger partial charge on any atom is -0.477 e. The van der Waals surface area contributed by atoms with E-state index in [0.29, 0.717) is 29.4 Å². The Bertz CT molecular complexity index is 1100. The molecule has 9 heteroatoms. The SMILES string of the molecule is Cc1ncc(-c2ccn(C)c(=O)c2)c(OCC2CC2c2ccc(OC(F)F)cn2)n1. The van der Waals surface area contributed by atoms with Gasteiger partial charge in [-0.1, -0.05) is 0 Å². The first-order valence-corrected chi connectivity index (χ1v) is 9.45. The summed E-state index contributed by atoms with van der Waals surface area (Å²) in [5.74, 6) is 1.47. The van der Waals surface area contributed by atoms with Crippen LogP contribution in [0.25, 0.3) is 11.1 Å². The Morgan fingerprint density at radius 3 is 2.77 bits per heavy atom. The molecule has 0 bridgehead atoms. The molecule has 0 aliphatic heterocycles. The van der Waals surface area contributed by atoms with E-state index >= 15 is 0 Å². The van der Waals surface area contributed by atoms with Crippen molar-refractivity contribution < 1.29 is 18.3 Å². The molecule has 3 aromatic heterocycles. The summed E-state index contributed by atoms with van der Waals surface area (Å²) in [5, 5.41) is 0. The Kier molecular flexibility index (Phi) is 5.43. The van der Waals surface area contributed by atoms with E-state index in [2.05, 4.69) is 19.7 Å². The van der Waals surface area contributed by atoms with Crippen molar-refractivity contribution in [2.75, 3.05) is 6.61 Å². The number of rotatable bonds is 7. The van der Waals surface area contributed by atoms with Crippen LogP contribution in [0.1, 0.15) is 23.9 Å². The minimum absolute atomic E-state index is 0.0392. The van der Waals surface area contributed by atoms with Gasteiger partial charge in [0.25, 0.3) is 5.56 Å². The van der Waals surface area contributed by atoms with Gasteiger partial charge < -0.3 is 14.0 Å². The standard InChI is InChI=1S/C21H20F2N4O3/c1-12-24-10-17(13-5-6-27(2)19(28)8-13)20(26-12)29-11-14-7-16(14)18-4-3-15(9-25-18)30-21(22)23/h3-6,8-10,14,16,21H,7,11H2,1-2H3.